The van der Waals surface area contributed by atoms with E-state index in [0.717, 1.165) is 11.5 Å². The van der Waals surface area contributed by atoms with Crippen LogP contribution in [0.5, 0.6) is 11.5 Å². The first-order valence-corrected chi connectivity index (χ1v) is 6.31. The predicted molar refractivity (Wildman–Crippen MR) is 73.2 cm³/mol. The molecule has 102 valence electrons. The van der Waals surface area contributed by atoms with Gasteiger partial charge in [-0.15, -0.1) is 0 Å². The van der Waals surface area contributed by atoms with E-state index in [1.807, 2.05) is 58.9 Å². The van der Waals surface area contributed by atoms with Gasteiger partial charge >= 0.3 is 0 Å². The van der Waals surface area contributed by atoms with E-state index in [9.17, 15) is 0 Å². The molecule has 0 atom stereocenters. The van der Waals surface area contributed by atoms with Crippen molar-refractivity contribution >= 4 is 0 Å². The van der Waals surface area contributed by atoms with Crippen LogP contribution in [-0.2, 0) is 0 Å². The van der Waals surface area contributed by atoms with Gasteiger partial charge in [0.15, 0.2) is 0 Å². The van der Waals surface area contributed by atoms with E-state index in [-0.39, 0.29) is 17.8 Å². The van der Waals surface area contributed by atoms with Crippen molar-refractivity contribution < 1.29 is 14.6 Å². The van der Waals surface area contributed by atoms with Gasteiger partial charge < -0.3 is 14.6 Å². The van der Waals surface area contributed by atoms with Crippen molar-refractivity contribution in [1.29, 1.82) is 0 Å². The molecule has 0 aliphatic heterocycles. The third-order valence-corrected chi connectivity index (χ3v) is 2.36. The zero-order chi connectivity index (χ0) is 13.8. The number of ether oxygens (including phenoxy) is 2. The number of hydrogen-bond donors (Lipinski definition) is 1. The fourth-order valence-electron chi connectivity index (χ4n) is 1.57. The third-order valence-electron chi connectivity index (χ3n) is 2.36. The number of benzene rings is 1. The Bertz CT molecular complexity index is 360. The monoisotopic (exact) mass is 252 g/mol. The summed E-state index contributed by atoms with van der Waals surface area (Å²) in [7, 11) is 0. The summed E-state index contributed by atoms with van der Waals surface area (Å²) in [6, 6.07) is 7.58. The largest absolute Gasteiger partial charge is 0.488 e. The molecule has 1 aromatic carbocycles. The molecule has 0 fully saturated rings. The average Bonchev–Trinajstić information content (AvgIpc) is 2.18. The summed E-state index contributed by atoms with van der Waals surface area (Å²) >= 11 is 0. The minimum atomic E-state index is -0.360. The Balaban J connectivity index is 2.66. The van der Waals surface area contributed by atoms with E-state index in [4.69, 9.17) is 14.6 Å². The Morgan fingerprint density at radius 1 is 0.889 bits per heavy atom. The summed E-state index contributed by atoms with van der Waals surface area (Å²) < 4.78 is 11.6. The van der Waals surface area contributed by atoms with Crippen LogP contribution in [0.3, 0.4) is 0 Å². The molecule has 0 saturated carbocycles. The minimum Gasteiger partial charge on any atom is -0.488 e. The fraction of sp³-hybridized carbons (Fsp3) is 0.600. The summed E-state index contributed by atoms with van der Waals surface area (Å²) in [6.07, 6.45) is 0.604. The van der Waals surface area contributed by atoms with Crippen molar-refractivity contribution in [3.8, 4) is 11.5 Å². The predicted octanol–water partition coefficient (Wildman–Crippen LogP) is 3.40. The maximum atomic E-state index is 8.95. The highest BCUT2D eigenvalue weighted by Crippen LogP contribution is 2.25. The van der Waals surface area contributed by atoms with Gasteiger partial charge in [-0.2, -0.15) is 0 Å². The van der Waals surface area contributed by atoms with Crippen molar-refractivity contribution in [1.82, 2.24) is 0 Å². The number of rotatable bonds is 5. The second-order valence-corrected chi connectivity index (χ2v) is 6.02. The SMILES string of the molecule is CC(C)(C)Oc1ccc(OC(C)(C)CCO)cc1. The lowest BCUT2D eigenvalue weighted by atomic mass is 10.1. The van der Waals surface area contributed by atoms with E-state index in [2.05, 4.69) is 0 Å². The van der Waals surface area contributed by atoms with Crippen LogP contribution < -0.4 is 9.47 Å². The molecular formula is C15H24O3. The quantitative estimate of drug-likeness (QED) is 0.873. The average molecular weight is 252 g/mol. The fourth-order valence-corrected chi connectivity index (χ4v) is 1.57. The Morgan fingerprint density at radius 2 is 1.33 bits per heavy atom. The van der Waals surface area contributed by atoms with Crippen LogP contribution >= 0.6 is 0 Å². The lowest BCUT2D eigenvalue weighted by Crippen LogP contribution is -2.29. The molecule has 0 spiro atoms. The normalized spacial score (nSPS) is 12.3. The van der Waals surface area contributed by atoms with Crippen LogP contribution in [0, 0.1) is 0 Å². The highest BCUT2D eigenvalue weighted by molar-refractivity contribution is 5.32. The topological polar surface area (TPSA) is 38.7 Å². The van der Waals surface area contributed by atoms with Crippen LogP contribution in [-0.4, -0.2) is 22.9 Å². The molecule has 0 unspecified atom stereocenters. The number of hydrogen-bond acceptors (Lipinski definition) is 3. The maximum absolute atomic E-state index is 8.95. The van der Waals surface area contributed by atoms with Gasteiger partial charge in [-0.1, -0.05) is 0 Å². The van der Waals surface area contributed by atoms with Crippen molar-refractivity contribution in [2.45, 2.75) is 52.2 Å². The highest BCUT2D eigenvalue weighted by Gasteiger charge is 2.19. The molecule has 0 radical (unpaired) electrons. The summed E-state index contributed by atoms with van der Waals surface area (Å²) in [6.45, 7) is 10.1. The molecule has 0 heterocycles. The number of aliphatic hydroxyl groups is 1. The number of aliphatic hydroxyl groups excluding tert-OH is 1. The molecule has 0 aliphatic carbocycles. The van der Waals surface area contributed by atoms with Gasteiger partial charge in [-0.05, 0) is 58.9 Å². The first kappa shape index (κ1) is 14.8. The van der Waals surface area contributed by atoms with Crippen molar-refractivity contribution in [3.05, 3.63) is 24.3 Å². The van der Waals surface area contributed by atoms with Crippen LogP contribution in [0.1, 0.15) is 41.0 Å². The van der Waals surface area contributed by atoms with Gasteiger partial charge in [-0.3, -0.25) is 0 Å². The van der Waals surface area contributed by atoms with Gasteiger partial charge in [0, 0.05) is 13.0 Å². The molecule has 0 saturated heterocycles. The molecule has 0 bridgehead atoms. The molecule has 18 heavy (non-hydrogen) atoms. The molecule has 0 aliphatic rings. The molecule has 1 rings (SSSR count). The van der Waals surface area contributed by atoms with Crippen molar-refractivity contribution in [3.63, 3.8) is 0 Å². The molecule has 0 aromatic heterocycles. The van der Waals surface area contributed by atoms with Crippen LogP contribution in [0.4, 0.5) is 0 Å². The Morgan fingerprint density at radius 3 is 1.72 bits per heavy atom. The van der Waals surface area contributed by atoms with Crippen LogP contribution in [0.15, 0.2) is 24.3 Å². The summed E-state index contributed by atoms with van der Waals surface area (Å²) in [5.74, 6) is 1.62. The lowest BCUT2D eigenvalue weighted by Gasteiger charge is -2.26. The highest BCUT2D eigenvalue weighted by atomic mass is 16.5. The molecule has 0 amide bonds. The summed E-state index contributed by atoms with van der Waals surface area (Å²) in [5.41, 5.74) is -0.556. The third kappa shape index (κ3) is 5.41. The zero-order valence-corrected chi connectivity index (χ0v) is 12.0. The standard InChI is InChI=1S/C15H24O3/c1-14(2,3)17-12-6-8-13(9-7-12)18-15(4,5)10-11-16/h6-9,16H,10-11H2,1-5H3. The van der Waals surface area contributed by atoms with Crippen LogP contribution in [0.2, 0.25) is 0 Å². The summed E-state index contributed by atoms with van der Waals surface area (Å²) in [5, 5.41) is 8.95. The first-order chi connectivity index (χ1) is 8.22. The van der Waals surface area contributed by atoms with E-state index in [1.165, 1.54) is 0 Å². The van der Waals surface area contributed by atoms with E-state index < -0.39 is 0 Å². The Labute approximate surface area is 110 Å². The van der Waals surface area contributed by atoms with E-state index >= 15 is 0 Å². The molecule has 3 nitrogen and oxygen atoms in total. The molecule has 3 heteroatoms. The van der Waals surface area contributed by atoms with Gasteiger partial charge in [0.2, 0.25) is 0 Å². The zero-order valence-electron chi connectivity index (χ0n) is 12.0. The van der Waals surface area contributed by atoms with E-state index in [1.54, 1.807) is 0 Å². The second kappa shape index (κ2) is 5.61. The van der Waals surface area contributed by atoms with Crippen LogP contribution in [0.25, 0.3) is 0 Å². The van der Waals surface area contributed by atoms with E-state index in [0.29, 0.717) is 6.42 Å². The molecule has 1 N–H and O–H groups in total. The lowest BCUT2D eigenvalue weighted by molar-refractivity contribution is 0.0761. The van der Waals surface area contributed by atoms with Crippen molar-refractivity contribution in [2.24, 2.45) is 0 Å². The molecule has 1 aromatic rings. The Hall–Kier alpha value is -1.22. The minimum absolute atomic E-state index is 0.123. The van der Waals surface area contributed by atoms with Gasteiger partial charge in [0.25, 0.3) is 0 Å². The smallest absolute Gasteiger partial charge is 0.120 e. The van der Waals surface area contributed by atoms with Gasteiger partial charge in [-0.25, -0.2) is 0 Å². The van der Waals surface area contributed by atoms with Gasteiger partial charge in [0.1, 0.15) is 22.7 Å². The second-order valence-electron chi connectivity index (χ2n) is 6.02. The van der Waals surface area contributed by atoms with Crippen molar-refractivity contribution in [2.75, 3.05) is 6.61 Å². The Kier molecular flexibility index (Phi) is 4.63. The molecular weight excluding hydrogens is 228 g/mol. The maximum Gasteiger partial charge on any atom is 0.120 e. The summed E-state index contributed by atoms with van der Waals surface area (Å²) in [4.78, 5) is 0. The first-order valence-electron chi connectivity index (χ1n) is 6.31. The van der Waals surface area contributed by atoms with Gasteiger partial charge in [0.05, 0.1) is 0 Å².